The zero-order valence-electron chi connectivity index (χ0n) is 18.4. The molecule has 1 aromatic carbocycles. The molecular formula is C22H34N4O3S. The Balaban J connectivity index is 2.12. The van der Waals surface area contributed by atoms with Gasteiger partial charge in [0.05, 0.1) is 7.11 Å². The van der Waals surface area contributed by atoms with E-state index in [4.69, 9.17) is 17.0 Å². The number of nitrogens with zero attached hydrogens (tertiary/aromatic N) is 1. The molecule has 0 aliphatic carbocycles. The normalized spacial score (nSPS) is 16.3. The van der Waals surface area contributed by atoms with E-state index in [9.17, 15) is 9.59 Å². The van der Waals surface area contributed by atoms with E-state index in [2.05, 4.69) is 20.9 Å². The summed E-state index contributed by atoms with van der Waals surface area (Å²) in [7, 11) is 1.56. The van der Waals surface area contributed by atoms with Crippen molar-refractivity contribution in [3.05, 3.63) is 29.8 Å². The van der Waals surface area contributed by atoms with Crippen LogP contribution in [0.1, 0.15) is 50.4 Å². The summed E-state index contributed by atoms with van der Waals surface area (Å²) < 4.78 is 5.21. The van der Waals surface area contributed by atoms with E-state index >= 15 is 0 Å². The van der Waals surface area contributed by atoms with Crippen LogP contribution in [-0.4, -0.2) is 60.7 Å². The van der Waals surface area contributed by atoms with E-state index in [0.717, 1.165) is 44.0 Å². The number of amides is 2. The Morgan fingerprint density at radius 1 is 1.23 bits per heavy atom. The van der Waals surface area contributed by atoms with Gasteiger partial charge in [0.15, 0.2) is 5.11 Å². The van der Waals surface area contributed by atoms with Gasteiger partial charge in [0.2, 0.25) is 5.91 Å². The molecule has 7 nitrogen and oxygen atoms in total. The van der Waals surface area contributed by atoms with Gasteiger partial charge in [0, 0.05) is 31.2 Å². The highest BCUT2D eigenvalue weighted by Gasteiger charge is 2.33. The number of carbonyl (C=O) groups is 2. The van der Waals surface area contributed by atoms with Crippen molar-refractivity contribution in [2.45, 2.75) is 52.1 Å². The lowest BCUT2D eigenvalue weighted by Gasteiger charge is -2.37. The quantitative estimate of drug-likeness (QED) is 0.545. The summed E-state index contributed by atoms with van der Waals surface area (Å²) in [5.74, 6) is 0.245. The average molecular weight is 435 g/mol. The highest BCUT2D eigenvalue weighted by atomic mass is 32.1. The lowest BCUT2D eigenvalue weighted by atomic mass is 9.88. The third kappa shape index (κ3) is 6.58. The van der Waals surface area contributed by atoms with Crippen molar-refractivity contribution in [3.63, 3.8) is 0 Å². The van der Waals surface area contributed by atoms with Crippen molar-refractivity contribution in [3.8, 4) is 5.75 Å². The summed E-state index contributed by atoms with van der Waals surface area (Å²) in [5, 5.41) is 9.93. The molecular weight excluding hydrogens is 400 g/mol. The molecule has 0 saturated carbocycles. The molecule has 1 fully saturated rings. The smallest absolute Gasteiger partial charge is 0.252 e. The Morgan fingerprint density at radius 3 is 2.53 bits per heavy atom. The average Bonchev–Trinajstić information content (AvgIpc) is 2.77. The van der Waals surface area contributed by atoms with Gasteiger partial charge in [0.1, 0.15) is 11.8 Å². The van der Waals surface area contributed by atoms with Crippen LogP contribution < -0.4 is 20.7 Å². The zero-order valence-corrected chi connectivity index (χ0v) is 19.2. The van der Waals surface area contributed by atoms with Crippen LogP contribution in [0, 0.1) is 5.92 Å². The monoisotopic (exact) mass is 434 g/mol. The van der Waals surface area contributed by atoms with E-state index in [0.29, 0.717) is 11.3 Å². The molecule has 0 bridgehead atoms. The van der Waals surface area contributed by atoms with E-state index in [1.165, 1.54) is 0 Å². The number of ether oxygens (including phenoxy) is 1. The molecule has 2 atom stereocenters. The minimum absolute atomic E-state index is 0.0456. The Morgan fingerprint density at radius 2 is 1.93 bits per heavy atom. The first-order chi connectivity index (χ1) is 14.4. The van der Waals surface area contributed by atoms with Gasteiger partial charge < -0.3 is 25.6 Å². The summed E-state index contributed by atoms with van der Waals surface area (Å²) in [4.78, 5) is 28.0. The molecule has 2 amide bonds. The van der Waals surface area contributed by atoms with Gasteiger partial charge in [-0.05, 0) is 69.4 Å². The van der Waals surface area contributed by atoms with Crippen molar-refractivity contribution in [2.75, 3.05) is 26.7 Å². The number of likely N-dealkylation sites (tertiary alicyclic amines) is 1. The number of hydrogen-bond acceptors (Lipinski definition) is 4. The molecule has 2 rings (SSSR count). The van der Waals surface area contributed by atoms with Crippen LogP contribution in [0.15, 0.2) is 24.3 Å². The SMILES string of the molecule is CCNC(=S)N1CCC([C@@H](NC(=O)c2cccc(OC)c2)C(=O)N[C@@H](C)CC)CC1. The van der Waals surface area contributed by atoms with Crippen molar-refractivity contribution in [1.82, 2.24) is 20.9 Å². The van der Waals surface area contributed by atoms with E-state index in [-0.39, 0.29) is 23.8 Å². The lowest BCUT2D eigenvalue weighted by molar-refractivity contribution is -0.125. The molecule has 0 radical (unpaired) electrons. The topological polar surface area (TPSA) is 82.7 Å². The number of nitrogens with one attached hydrogen (secondary N) is 3. The van der Waals surface area contributed by atoms with Gasteiger partial charge >= 0.3 is 0 Å². The van der Waals surface area contributed by atoms with E-state index in [1.54, 1.807) is 31.4 Å². The molecule has 1 aliphatic heterocycles. The van der Waals surface area contributed by atoms with Crippen LogP contribution in [0.3, 0.4) is 0 Å². The highest BCUT2D eigenvalue weighted by molar-refractivity contribution is 7.80. The summed E-state index contributed by atoms with van der Waals surface area (Å²) in [6.07, 6.45) is 2.39. The number of benzene rings is 1. The second-order valence-corrected chi connectivity index (χ2v) is 8.05. The maximum atomic E-state index is 13.0. The molecule has 0 aromatic heterocycles. The molecule has 1 heterocycles. The largest absolute Gasteiger partial charge is 0.497 e. The lowest BCUT2D eigenvalue weighted by Crippen LogP contribution is -2.55. The molecule has 8 heteroatoms. The van der Waals surface area contributed by atoms with Gasteiger partial charge in [-0.3, -0.25) is 9.59 Å². The number of hydrogen-bond donors (Lipinski definition) is 3. The molecule has 30 heavy (non-hydrogen) atoms. The van der Waals surface area contributed by atoms with E-state index in [1.807, 2.05) is 20.8 Å². The second kappa shape index (κ2) is 11.7. The van der Waals surface area contributed by atoms with Gasteiger partial charge in [-0.15, -0.1) is 0 Å². The predicted octanol–water partition coefficient (Wildman–Crippen LogP) is 2.31. The minimum atomic E-state index is -0.590. The van der Waals surface area contributed by atoms with Crippen molar-refractivity contribution < 1.29 is 14.3 Å². The molecule has 3 N–H and O–H groups in total. The summed E-state index contributed by atoms with van der Waals surface area (Å²) in [6.45, 7) is 8.32. The van der Waals surface area contributed by atoms with Crippen LogP contribution in [-0.2, 0) is 4.79 Å². The Kier molecular flexibility index (Phi) is 9.36. The van der Waals surface area contributed by atoms with E-state index < -0.39 is 6.04 Å². The number of methoxy groups -OCH3 is 1. The van der Waals surface area contributed by atoms with Gasteiger partial charge in [-0.25, -0.2) is 0 Å². The summed E-state index contributed by atoms with van der Waals surface area (Å²) >= 11 is 5.41. The van der Waals surface area contributed by atoms with Crippen LogP contribution in [0.5, 0.6) is 5.75 Å². The molecule has 1 aromatic rings. The van der Waals surface area contributed by atoms with Crippen molar-refractivity contribution >= 4 is 29.1 Å². The summed E-state index contributed by atoms with van der Waals surface area (Å²) in [6, 6.07) is 6.41. The standard InChI is InChI=1S/C22H34N4O3S/c1-5-15(3)24-21(28)19(16-10-12-26(13-11-16)22(30)23-6-2)25-20(27)17-8-7-9-18(14-17)29-4/h7-9,14-16,19H,5-6,10-13H2,1-4H3,(H,23,30)(H,24,28)(H,25,27)/t15-,19+/m0/s1. The van der Waals surface area contributed by atoms with Crippen LogP contribution in [0.2, 0.25) is 0 Å². The first-order valence-corrected chi connectivity index (χ1v) is 11.1. The highest BCUT2D eigenvalue weighted by Crippen LogP contribution is 2.22. The fraction of sp³-hybridized carbons (Fsp3) is 0.591. The third-order valence-corrected chi connectivity index (χ3v) is 5.93. The van der Waals surface area contributed by atoms with Crippen molar-refractivity contribution in [2.24, 2.45) is 5.92 Å². The Labute approximate surface area is 184 Å². The first kappa shape index (κ1) is 23.9. The van der Waals surface area contributed by atoms with Crippen molar-refractivity contribution in [1.29, 1.82) is 0 Å². The Hall–Kier alpha value is -2.35. The maximum Gasteiger partial charge on any atom is 0.252 e. The fourth-order valence-electron chi connectivity index (χ4n) is 3.52. The molecule has 1 aliphatic rings. The van der Waals surface area contributed by atoms with Gasteiger partial charge in [-0.1, -0.05) is 13.0 Å². The zero-order chi connectivity index (χ0) is 22.1. The third-order valence-electron chi connectivity index (χ3n) is 5.53. The minimum Gasteiger partial charge on any atom is -0.497 e. The molecule has 166 valence electrons. The van der Waals surface area contributed by atoms with Crippen LogP contribution in [0.4, 0.5) is 0 Å². The molecule has 0 spiro atoms. The van der Waals surface area contributed by atoms with Crippen LogP contribution >= 0.6 is 12.2 Å². The van der Waals surface area contributed by atoms with Crippen LogP contribution in [0.25, 0.3) is 0 Å². The number of rotatable bonds is 8. The maximum absolute atomic E-state index is 13.0. The fourth-order valence-corrected chi connectivity index (χ4v) is 3.85. The number of carbonyl (C=O) groups excluding carboxylic acids is 2. The first-order valence-electron chi connectivity index (χ1n) is 10.7. The molecule has 1 saturated heterocycles. The number of piperidine rings is 1. The van der Waals surface area contributed by atoms with Gasteiger partial charge in [-0.2, -0.15) is 0 Å². The Bertz CT molecular complexity index is 735. The van der Waals surface area contributed by atoms with Gasteiger partial charge in [0.25, 0.3) is 5.91 Å². The number of thiocarbonyl (C=S) groups is 1. The summed E-state index contributed by atoms with van der Waals surface area (Å²) in [5.41, 5.74) is 0.474. The predicted molar refractivity (Wildman–Crippen MR) is 123 cm³/mol. The molecule has 0 unspecified atom stereocenters. The second-order valence-electron chi connectivity index (χ2n) is 7.66.